The zero-order valence-electron chi connectivity index (χ0n) is 14.2. The molecule has 3 heterocycles. The summed E-state index contributed by atoms with van der Waals surface area (Å²) in [5.74, 6) is 1.86. The van der Waals surface area contributed by atoms with E-state index in [0.29, 0.717) is 29.6 Å². The third-order valence-corrected chi connectivity index (χ3v) is 4.35. The van der Waals surface area contributed by atoms with Crippen molar-refractivity contribution >= 4 is 5.82 Å². The molecule has 0 bridgehead atoms. The maximum absolute atomic E-state index is 9.41. The van der Waals surface area contributed by atoms with Gasteiger partial charge in [-0.2, -0.15) is 15.3 Å². The van der Waals surface area contributed by atoms with Crippen molar-refractivity contribution in [1.29, 1.82) is 5.26 Å². The molecule has 1 atom stereocenters. The second kappa shape index (κ2) is 6.93. The summed E-state index contributed by atoms with van der Waals surface area (Å²) < 4.78 is 5.03. The van der Waals surface area contributed by atoms with Gasteiger partial charge in [-0.25, -0.2) is 0 Å². The lowest BCUT2D eigenvalue weighted by Gasteiger charge is -2.32. The van der Waals surface area contributed by atoms with E-state index < -0.39 is 0 Å². The number of likely N-dealkylation sites (tertiary alicyclic amines) is 1. The van der Waals surface area contributed by atoms with Gasteiger partial charge in [0.05, 0.1) is 12.2 Å². The van der Waals surface area contributed by atoms with Gasteiger partial charge < -0.3 is 9.84 Å². The predicted molar refractivity (Wildman–Crippen MR) is 87.2 cm³/mol. The standard InChI is InChI=1S/C16H21N7O/c1-10-11(2)20-21-16(14(10)7-17)19-13-5-4-6-23(8-13)9-15-18-12(3)24-22-15/h13H,4-6,8-9H2,1-3H3,(H,19,21)/t13-/m1/s1. The number of piperidine rings is 1. The molecule has 1 N–H and O–H groups in total. The van der Waals surface area contributed by atoms with Crippen LogP contribution in [0.3, 0.4) is 0 Å². The summed E-state index contributed by atoms with van der Waals surface area (Å²) in [5, 5.41) is 25.1. The van der Waals surface area contributed by atoms with Crippen molar-refractivity contribution in [3.63, 3.8) is 0 Å². The summed E-state index contributed by atoms with van der Waals surface area (Å²) in [7, 11) is 0. The highest BCUT2D eigenvalue weighted by molar-refractivity contribution is 5.56. The second-order valence-electron chi connectivity index (χ2n) is 6.19. The molecule has 1 aliphatic rings. The Hall–Kier alpha value is -2.53. The van der Waals surface area contributed by atoms with Gasteiger partial charge in [0.2, 0.25) is 5.89 Å². The first kappa shape index (κ1) is 16.3. The highest BCUT2D eigenvalue weighted by Gasteiger charge is 2.23. The van der Waals surface area contributed by atoms with E-state index in [1.165, 1.54) is 0 Å². The molecule has 2 aromatic rings. The SMILES string of the molecule is Cc1nc(CN2CCC[C@@H](Nc3nnc(C)c(C)c3C#N)C2)no1. The monoisotopic (exact) mass is 327 g/mol. The van der Waals surface area contributed by atoms with Crippen LogP contribution in [-0.2, 0) is 6.54 Å². The third kappa shape index (κ3) is 3.51. The smallest absolute Gasteiger partial charge is 0.223 e. The fourth-order valence-corrected chi connectivity index (χ4v) is 2.96. The zero-order chi connectivity index (χ0) is 17.1. The molecule has 0 radical (unpaired) electrons. The van der Waals surface area contributed by atoms with E-state index in [2.05, 4.69) is 36.6 Å². The Bertz CT molecular complexity index is 764. The topological polar surface area (TPSA) is 104 Å². The fourth-order valence-electron chi connectivity index (χ4n) is 2.96. The number of hydrogen-bond donors (Lipinski definition) is 1. The van der Waals surface area contributed by atoms with Gasteiger partial charge in [-0.05, 0) is 38.8 Å². The van der Waals surface area contributed by atoms with E-state index in [1.807, 2.05) is 13.8 Å². The van der Waals surface area contributed by atoms with Crippen molar-refractivity contribution in [2.75, 3.05) is 18.4 Å². The normalized spacial score (nSPS) is 18.3. The molecule has 8 heteroatoms. The number of rotatable bonds is 4. The van der Waals surface area contributed by atoms with E-state index in [1.54, 1.807) is 6.92 Å². The maximum Gasteiger partial charge on any atom is 0.223 e. The highest BCUT2D eigenvalue weighted by Crippen LogP contribution is 2.21. The summed E-state index contributed by atoms with van der Waals surface area (Å²) in [5.41, 5.74) is 2.24. The van der Waals surface area contributed by atoms with Crippen molar-refractivity contribution < 1.29 is 4.52 Å². The van der Waals surface area contributed by atoms with Crippen molar-refractivity contribution in [3.05, 3.63) is 28.5 Å². The Labute approximate surface area is 140 Å². The molecule has 0 saturated carbocycles. The molecular weight excluding hydrogens is 306 g/mol. The van der Waals surface area contributed by atoms with Gasteiger partial charge >= 0.3 is 0 Å². The first-order chi connectivity index (χ1) is 11.6. The number of anilines is 1. The Morgan fingerprint density at radius 3 is 2.88 bits per heavy atom. The van der Waals surface area contributed by atoms with Gasteiger partial charge in [0.15, 0.2) is 11.6 Å². The molecule has 24 heavy (non-hydrogen) atoms. The predicted octanol–water partition coefficient (Wildman–Crippen LogP) is 1.73. The summed E-state index contributed by atoms with van der Waals surface area (Å²) in [6.45, 7) is 8.06. The minimum Gasteiger partial charge on any atom is -0.363 e. The lowest BCUT2D eigenvalue weighted by Crippen LogP contribution is -2.42. The molecule has 0 amide bonds. The van der Waals surface area contributed by atoms with Gasteiger partial charge in [-0.15, -0.1) is 5.10 Å². The van der Waals surface area contributed by atoms with E-state index in [4.69, 9.17) is 4.52 Å². The average Bonchev–Trinajstić information content (AvgIpc) is 2.97. The van der Waals surface area contributed by atoms with Crippen molar-refractivity contribution in [3.8, 4) is 6.07 Å². The van der Waals surface area contributed by atoms with Crippen LogP contribution in [-0.4, -0.2) is 44.4 Å². The molecule has 0 unspecified atom stereocenters. The molecule has 0 aromatic carbocycles. The van der Waals surface area contributed by atoms with Crippen LogP contribution in [0, 0.1) is 32.1 Å². The van der Waals surface area contributed by atoms with Crippen LogP contribution in [0.5, 0.6) is 0 Å². The molecule has 126 valence electrons. The summed E-state index contributed by atoms with van der Waals surface area (Å²) >= 11 is 0. The lowest BCUT2D eigenvalue weighted by atomic mass is 10.0. The number of nitrogens with zero attached hydrogens (tertiary/aromatic N) is 6. The van der Waals surface area contributed by atoms with Gasteiger partial charge in [0, 0.05) is 19.5 Å². The first-order valence-corrected chi connectivity index (χ1v) is 8.09. The molecule has 1 fully saturated rings. The Morgan fingerprint density at radius 1 is 1.33 bits per heavy atom. The summed E-state index contributed by atoms with van der Waals surface area (Å²) in [4.78, 5) is 6.54. The minimum absolute atomic E-state index is 0.218. The largest absolute Gasteiger partial charge is 0.363 e. The van der Waals surface area contributed by atoms with Crippen LogP contribution in [0.25, 0.3) is 0 Å². The summed E-state index contributed by atoms with van der Waals surface area (Å²) in [6, 6.07) is 2.45. The molecule has 2 aromatic heterocycles. The quantitative estimate of drug-likeness (QED) is 0.905. The van der Waals surface area contributed by atoms with E-state index in [9.17, 15) is 5.26 Å². The number of aromatic nitrogens is 4. The maximum atomic E-state index is 9.41. The van der Waals surface area contributed by atoms with E-state index in [-0.39, 0.29) is 6.04 Å². The fraction of sp³-hybridized carbons (Fsp3) is 0.562. The van der Waals surface area contributed by atoms with Gasteiger partial charge in [0.25, 0.3) is 0 Å². The van der Waals surface area contributed by atoms with Crippen LogP contribution >= 0.6 is 0 Å². The van der Waals surface area contributed by atoms with Crippen LogP contribution in [0.1, 0.15) is 41.4 Å². The van der Waals surface area contributed by atoms with Gasteiger partial charge in [0.1, 0.15) is 11.6 Å². The van der Waals surface area contributed by atoms with Crippen molar-refractivity contribution in [1.82, 2.24) is 25.2 Å². The first-order valence-electron chi connectivity index (χ1n) is 8.09. The molecule has 1 saturated heterocycles. The average molecular weight is 327 g/mol. The summed E-state index contributed by atoms with van der Waals surface area (Å²) in [6.07, 6.45) is 2.09. The number of aryl methyl sites for hydroxylation is 2. The highest BCUT2D eigenvalue weighted by atomic mass is 16.5. The van der Waals surface area contributed by atoms with Crippen LogP contribution in [0.2, 0.25) is 0 Å². The van der Waals surface area contributed by atoms with Gasteiger partial charge in [-0.3, -0.25) is 4.90 Å². The van der Waals surface area contributed by atoms with Crippen molar-refractivity contribution in [2.24, 2.45) is 0 Å². The number of nitrogens with one attached hydrogen (secondary N) is 1. The molecule has 1 aliphatic heterocycles. The third-order valence-electron chi connectivity index (χ3n) is 4.35. The second-order valence-corrected chi connectivity index (χ2v) is 6.19. The van der Waals surface area contributed by atoms with E-state index in [0.717, 1.165) is 37.2 Å². The van der Waals surface area contributed by atoms with Crippen LogP contribution in [0.15, 0.2) is 4.52 Å². The van der Waals surface area contributed by atoms with E-state index >= 15 is 0 Å². The van der Waals surface area contributed by atoms with Gasteiger partial charge in [-0.1, -0.05) is 5.16 Å². The number of hydrogen-bond acceptors (Lipinski definition) is 8. The molecule has 3 rings (SSSR count). The number of nitriles is 1. The Kier molecular flexibility index (Phi) is 4.71. The lowest BCUT2D eigenvalue weighted by molar-refractivity contribution is 0.201. The Balaban J connectivity index is 1.68. The van der Waals surface area contributed by atoms with Crippen LogP contribution < -0.4 is 5.32 Å². The molecular formula is C16H21N7O. The molecule has 0 spiro atoms. The zero-order valence-corrected chi connectivity index (χ0v) is 14.2. The minimum atomic E-state index is 0.218. The Morgan fingerprint density at radius 2 is 2.17 bits per heavy atom. The van der Waals surface area contributed by atoms with Crippen LogP contribution in [0.4, 0.5) is 5.82 Å². The molecule has 0 aliphatic carbocycles. The molecule has 8 nitrogen and oxygen atoms in total. The van der Waals surface area contributed by atoms with Crippen molar-refractivity contribution in [2.45, 2.75) is 46.2 Å².